The fourth-order valence-electron chi connectivity index (χ4n) is 1.72. The van der Waals surface area contributed by atoms with Crippen molar-refractivity contribution in [1.29, 1.82) is 0 Å². The lowest BCUT2D eigenvalue weighted by Crippen LogP contribution is -2.15. The van der Waals surface area contributed by atoms with Gasteiger partial charge >= 0.3 is 5.97 Å². The number of hydrogen-bond donors (Lipinski definition) is 2. The zero-order chi connectivity index (χ0) is 14.7. The summed E-state index contributed by atoms with van der Waals surface area (Å²) in [5.74, 6) is -1.69. The van der Waals surface area contributed by atoms with Gasteiger partial charge in [0.05, 0.1) is 6.54 Å². The summed E-state index contributed by atoms with van der Waals surface area (Å²) in [5.41, 5.74) is 5.81. The second-order valence-corrected chi connectivity index (χ2v) is 4.47. The largest absolute Gasteiger partial charge is 0.476 e. The second kappa shape index (κ2) is 5.70. The number of carboxylic acids is 1. The smallest absolute Gasteiger partial charge is 0.358 e. The first kappa shape index (κ1) is 14.0. The van der Waals surface area contributed by atoms with Gasteiger partial charge in [0.15, 0.2) is 5.69 Å². The molecule has 1 amide bonds. The van der Waals surface area contributed by atoms with E-state index in [9.17, 15) is 9.59 Å². The molecule has 2 rings (SSSR count). The fourth-order valence-corrected chi connectivity index (χ4v) is 1.85. The van der Waals surface area contributed by atoms with Crippen LogP contribution in [0, 0.1) is 0 Å². The van der Waals surface area contributed by atoms with Crippen LogP contribution in [0.5, 0.6) is 0 Å². The summed E-state index contributed by atoms with van der Waals surface area (Å²) in [5, 5.41) is 17.0. The van der Waals surface area contributed by atoms with Crippen LogP contribution < -0.4 is 5.73 Å². The number of aryl methyl sites for hydroxylation is 1. The molecule has 0 saturated heterocycles. The number of amides is 1. The Morgan fingerprint density at radius 2 is 1.95 bits per heavy atom. The first-order chi connectivity index (χ1) is 9.49. The Morgan fingerprint density at radius 1 is 1.30 bits per heavy atom. The predicted molar refractivity (Wildman–Crippen MR) is 71.2 cm³/mol. The number of aromatic nitrogens is 3. The van der Waals surface area contributed by atoms with Gasteiger partial charge in [0, 0.05) is 17.0 Å². The highest BCUT2D eigenvalue weighted by molar-refractivity contribution is 6.30. The summed E-state index contributed by atoms with van der Waals surface area (Å²) in [4.78, 5) is 22.0. The normalized spacial score (nSPS) is 10.4. The minimum atomic E-state index is -1.19. The molecule has 0 bridgehead atoms. The summed E-state index contributed by atoms with van der Waals surface area (Å²) >= 11 is 5.80. The number of aromatic carboxylic acids is 1. The minimum Gasteiger partial charge on any atom is -0.476 e. The van der Waals surface area contributed by atoms with Crippen LogP contribution in [0.1, 0.15) is 16.9 Å². The van der Waals surface area contributed by atoms with Gasteiger partial charge in [0.2, 0.25) is 5.91 Å². The van der Waals surface area contributed by atoms with Gasteiger partial charge in [-0.2, -0.15) is 0 Å². The monoisotopic (exact) mass is 294 g/mol. The van der Waals surface area contributed by atoms with E-state index in [2.05, 4.69) is 10.3 Å². The minimum absolute atomic E-state index is 0.0447. The van der Waals surface area contributed by atoms with Gasteiger partial charge in [-0.15, -0.1) is 5.10 Å². The number of primary amides is 1. The molecule has 1 aromatic heterocycles. The molecule has 3 N–H and O–H groups in total. The summed E-state index contributed by atoms with van der Waals surface area (Å²) in [6.07, 6.45) is 0.0447. The van der Waals surface area contributed by atoms with Gasteiger partial charge in [-0.3, -0.25) is 4.79 Å². The summed E-state index contributed by atoms with van der Waals surface area (Å²) in [7, 11) is 0. The highest BCUT2D eigenvalue weighted by Crippen LogP contribution is 2.24. The lowest BCUT2D eigenvalue weighted by atomic mass is 10.1. The van der Waals surface area contributed by atoms with Crippen molar-refractivity contribution >= 4 is 23.5 Å². The number of benzene rings is 1. The Morgan fingerprint density at radius 3 is 2.50 bits per heavy atom. The van der Waals surface area contributed by atoms with Crippen molar-refractivity contribution in [3.05, 3.63) is 35.0 Å². The van der Waals surface area contributed by atoms with Gasteiger partial charge in [-0.05, 0) is 12.1 Å². The first-order valence-electron chi connectivity index (χ1n) is 5.70. The fraction of sp³-hybridized carbons (Fsp3) is 0.167. The quantitative estimate of drug-likeness (QED) is 0.860. The molecule has 0 spiro atoms. The molecule has 8 heteroatoms. The number of carbonyl (C=O) groups excluding carboxylic acids is 1. The zero-order valence-corrected chi connectivity index (χ0v) is 11.0. The Kier molecular flexibility index (Phi) is 3.99. The maximum absolute atomic E-state index is 11.2. The zero-order valence-electron chi connectivity index (χ0n) is 10.3. The molecule has 0 aliphatic rings. The number of nitrogens with zero attached hydrogens (tertiary/aromatic N) is 3. The maximum Gasteiger partial charge on any atom is 0.358 e. The molecule has 1 heterocycles. The van der Waals surface area contributed by atoms with Crippen molar-refractivity contribution in [1.82, 2.24) is 15.0 Å². The Hall–Kier alpha value is -2.41. The van der Waals surface area contributed by atoms with Gasteiger partial charge in [0.25, 0.3) is 0 Å². The molecule has 0 saturated carbocycles. The molecule has 0 aliphatic carbocycles. The van der Waals surface area contributed by atoms with Crippen molar-refractivity contribution in [3.63, 3.8) is 0 Å². The standard InChI is InChI=1S/C12H11ClN4O3/c13-8-3-1-7(2-4-8)11-10(12(19)20)15-16-17(11)6-5-9(14)18/h1-4H,5-6H2,(H2,14,18)(H,19,20). The maximum atomic E-state index is 11.2. The molecule has 0 atom stereocenters. The molecule has 0 aliphatic heterocycles. The summed E-state index contributed by atoms with van der Waals surface area (Å²) in [6.45, 7) is 0.160. The number of nitrogens with two attached hydrogens (primary N) is 1. The van der Waals surface area contributed by atoms with Crippen LogP contribution >= 0.6 is 11.6 Å². The van der Waals surface area contributed by atoms with E-state index in [4.69, 9.17) is 22.4 Å². The molecule has 7 nitrogen and oxygen atoms in total. The highest BCUT2D eigenvalue weighted by Gasteiger charge is 2.20. The van der Waals surface area contributed by atoms with Crippen molar-refractivity contribution in [2.24, 2.45) is 5.73 Å². The molecule has 0 unspecified atom stereocenters. The predicted octanol–water partition coefficient (Wildman–Crippen LogP) is 1.17. The van der Waals surface area contributed by atoms with Crippen molar-refractivity contribution in [3.8, 4) is 11.3 Å². The molecular weight excluding hydrogens is 284 g/mol. The van der Waals surface area contributed by atoms with Crippen LogP contribution in [-0.2, 0) is 11.3 Å². The van der Waals surface area contributed by atoms with E-state index in [-0.39, 0.29) is 18.7 Å². The van der Waals surface area contributed by atoms with Gasteiger partial charge in [-0.1, -0.05) is 28.9 Å². The van der Waals surface area contributed by atoms with Crippen LogP contribution in [0.15, 0.2) is 24.3 Å². The Balaban J connectivity index is 2.46. The van der Waals surface area contributed by atoms with Crippen LogP contribution in [-0.4, -0.2) is 32.0 Å². The van der Waals surface area contributed by atoms with E-state index >= 15 is 0 Å². The van der Waals surface area contributed by atoms with E-state index < -0.39 is 11.9 Å². The SMILES string of the molecule is NC(=O)CCn1nnc(C(=O)O)c1-c1ccc(Cl)cc1. The number of carboxylic acid groups (broad SMARTS) is 1. The highest BCUT2D eigenvalue weighted by atomic mass is 35.5. The Labute approximate surface area is 119 Å². The Bertz CT molecular complexity index is 651. The van der Waals surface area contributed by atoms with Crippen molar-refractivity contribution in [2.75, 3.05) is 0 Å². The summed E-state index contributed by atoms with van der Waals surface area (Å²) in [6, 6.07) is 6.59. The number of halogens is 1. The van der Waals surface area contributed by atoms with E-state index in [0.717, 1.165) is 0 Å². The van der Waals surface area contributed by atoms with Crippen molar-refractivity contribution in [2.45, 2.75) is 13.0 Å². The molecule has 2 aromatic rings. The van der Waals surface area contributed by atoms with Crippen LogP contribution in [0.25, 0.3) is 11.3 Å². The van der Waals surface area contributed by atoms with Gasteiger partial charge in [0.1, 0.15) is 5.69 Å². The average molecular weight is 295 g/mol. The van der Waals surface area contributed by atoms with Gasteiger partial charge < -0.3 is 10.8 Å². The molecule has 1 aromatic carbocycles. The third-order valence-corrected chi connectivity index (χ3v) is 2.88. The number of rotatable bonds is 5. The first-order valence-corrected chi connectivity index (χ1v) is 6.08. The lowest BCUT2D eigenvalue weighted by molar-refractivity contribution is -0.118. The molecule has 0 fully saturated rings. The molecule has 20 heavy (non-hydrogen) atoms. The lowest BCUT2D eigenvalue weighted by Gasteiger charge is -2.06. The van der Waals surface area contributed by atoms with E-state index in [1.807, 2.05) is 0 Å². The van der Waals surface area contributed by atoms with Crippen molar-refractivity contribution < 1.29 is 14.7 Å². The molecule has 104 valence electrons. The third kappa shape index (κ3) is 2.94. The van der Waals surface area contributed by atoms with E-state index in [1.54, 1.807) is 24.3 Å². The molecule has 0 radical (unpaired) electrons. The second-order valence-electron chi connectivity index (χ2n) is 4.04. The number of carbonyl (C=O) groups is 2. The van der Waals surface area contributed by atoms with Crippen LogP contribution in [0.2, 0.25) is 5.02 Å². The van der Waals surface area contributed by atoms with Crippen LogP contribution in [0.4, 0.5) is 0 Å². The van der Waals surface area contributed by atoms with Gasteiger partial charge in [-0.25, -0.2) is 9.48 Å². The van der Waals surface area contributed by atoms with Crippen LogP contribution in [0.3, 0.4) is 0 Å². The summed E-state index contributed by atoms with van der Waals surface area (Å²) < 4.78 is 1.34. The average Bonchev–Trinajstić information content (AvgIpc) is 2.81. The third-order valence-electron chi connectivity index (χ3n) is 2.63. The van der Waals surface area contributed by atoms with E-state index in [1.165, 1.54) is 4.68 Å². The topological polar surface area (TPSA) is 111 Å². The number of hydrogen-bond acceptors (Lipinski definition) is 4. The van der Waals surface area contributed by atoms with E-state index in [0.29, 0.717) is 16.3 Å². The molecular formula is C12H11ClN4O3.